The van der Waals surface area contributed by atoms with Crippen LogP contribution < -0.4 is 0 Å². The smallest absolute Gasteiger partial charge is 0.329 e. The van der Waals surface area contributed by atoms with E-state index < -0.39 is 12.1 Å². The zero-order chi connectivity index (χ0) is 19.4. The van der Waals surface area contributed by atoms with Crippen molar-refractivity contribution >= 4 is 5.78 Å². The zero-order valence-electron chi connectivity index (χ0n) is 14.5. The third-order valence-corrected chi connectivity index (χ3v) is 3.88. The van der Waals surface area contributed by atoms with Crippen molar-refractivity contribution in [3.8, 4) is 22.5 Å². The highest BCUT2D eigenvalue weighted by molar-refractivity contribution is 5.80. The zero-order valence-corrected chi connectivity index (χ0v) is 14.5. The van der Waals surface area contributed by atoms with Gasteiger partial charge in [-0.15, -0.1) is 0 Å². The second-order valence-electron chi connectivity index (χ2n) is 6.00. The summed E-state index contributed by atoms with van der Waals surface area (Å²) in [5, 5.41) is 3.36. The highest BCUT2D eigenvalue weighted by Crippen LogP contribution is 2.30. The Morgan fingerprint density at radius 3 is 2.26 bits per heavy atom. The summed E-state index contributed by atoms with van der Waals surface area (Å²) < 4.78 is 41.8. The quantitative estimate of drug-likeness (QED) is 0.623. The third kappa shape index (κ3) is 4.58. The molecular weight excluding hydrogens is 359 g/mol. The van der Waals surface area contributed by atoms with E-state index in [-0.39, 0.29) is 11.6 Å². The first-order chi connectivity index (χ1) is 12.9. The molecule has 0 spiro atoms. The van der Waals surface area contributed by atoms with Gasteiger partial charge in [0.1, 0.15) is 5.78 Å². The van der Waals surface area contributed by atoms with Gasteiger partial charge in [0.25, 0.3) is 0 Å². The maximum Gasteiger partial charge on any atom is 0.471 e. The molecule has 1 aromatic carbocycles. The fourth-order valence-corrected chi connectivity index (χ4v) is 2.54. The number of ketones is 1. The SMILES string of the molecule is CCCC(=O)Cc1ccc(-c2ccc(-c3noc(C(F)(F)F)n3)cc2)cn1. The maximum atomic E-state index is 12.5. The lowest BCUT2D eigenvalue weighted by molar-refractivity contribution is -0.159. The number of halogens is 3. The minimum absolute atomic E-state index is 0.128. The predicted octanol–water partition coefficient (Wildman–Crippen LogP) is 4.73. The van der Waals surface area contributed by atoms with Gasteiger partial charge in [-0.3, -0.25) is 9.78 Å². The van der Waals surface area contributed by atoms with Gasteiger partial charge in [0.05, 0.1) is 0 Å². The minimum Gasteiger partial charge on any atom is -0.329 e. The first-order valence-electron chi connectivity index (χ1n) is 8.35. The molecule has 0 aliphatic heterocycles. The fourth-order valence-electron chi connectivity index (χ4n) is 2.54. The Morgan fingerprint density at radius 1 is 1.04 bits per heavy atom. The molecule has 3 aromatic rings. The number of alkyl halides is 3. The van der Waals surface area contributed by atoms with Gasteiger partial charge in [0, 0.05) is 35.9 Å². The molecule has 0 unspecified atom stereocenters. The summed E-state index contributed by atoms with van der Waals surface area (Å²) in [6.45, 7) is 1.95. The summed E-state index contributed by atoms with van der Waals surface area (Å²) in [4.78, 5) is 19.3. The number of hydrogen-bond donors (Lipinski definition) is 0. The fraction of sp³-hybridized carbons (Fsp3) is 0.263. The van der Waals surface area contributed by atoms with E-state index in [9.17, 15) is 18.0 Å². The van der Waals surface area contributed by atoms with Crippen LogP contribution in [0.2, 0.25) is 0 Å². The summed E-state index contributed by atoms with van der Waals surface area (Å²) in [5.41, 5.74) is 2.78. The van der Waals surface area contributed by atoms with Crippen LogP contribution in [0.5, 0.6) is 0 Å². The summed E-state index contributed by atoms with van der Waals surface area (Å²) in [5.74, 6) is -1.35. The lowest BCUT2D eigenvalue weighted by Gasteiger charge is -2.04. The van der Waals surface area contributed by atoms with E-state index in [1.165, 1.54) is 0 Å². The second kappa shape index (κ2) is 7.69. The molecule has 0 saturated heterocycles. The van der Waals surface area contributed by atoms with Gasteiger partial charge in [0.2, 0.25) is 5.82 Å². The molecular formula is C19H16F3N3O2. The number of rotatable bonds is 6. The van der Waals surface area contributed by atoms with Crippen LogP contribution in [0.4, 0.5) is 13.2 Å². The van der Waals surface area contributed by atoms with Crippen molar-refractivity contribution in [3.63, 3.8) is 0 Å². The predicted molar refractivity (Wildman–Crippen MR) is 91.6 cm³/mol. The van der Waals surface area contributed by atoms with Crippen molar-refractivity contribution in [3.05, 3.63) is 54.2 Å². The Kier molecular flexibility index (Phi) is 5.34. The van der Waals surface area contributed by atoms with Gasteiger partial charge in [0.15, 0.2) is 0 Å². The van der Waals surface area contributed by atoms with Crippen LogP contribution in [-0.4, -0.2) is 20.9 Å². The number of carbonyl (C=O) groups is 1. The van der Waals surface area contributed by atoms with Crippen molar-refractivity contribution in [2.45, 2.75) is 32.4 Å². The summed E-state index contributed by atoms with van der Waals surface area (Å²) in [6, 6.07) is 10.3. The van der Waals surface area contributed by atoms with Crippen LogP contribution in [0.15, 0.2) is 47.1 Å². The molecule has 0 aliphatic rings. The molecule has 0 radical (unpaired) electrons. The van der Waals surface area contributed by atoms with Crippen molar-refractivity contribution in [2.24, 2.45) is 0 Å². The standard InChI is InChI=1S/C19H16F3N3O2/c1-2-3-16(26)10-15-9-8-14(11-23-15)12-4-6-13(7-5-12)17-24-18(27-25-17)19(20,21)22/h4-9,11H,2-3,10H2,1H3. The Morgan fingerprint density at radius 2 is 1.70 bits per heavy atom. The molecule has 5 nitrogen and oxygen atoms in total. The average molecular weight is 375 g/mol. The molecule has 0 amide bonds. The van der Waals surface area contributed by atoms with Gasteiger partial charge >= 0.3 is 12.1 Å². The number of pyridine rings is 1. The van der Waals surface area contributed by atoms with Gasteiger partial charge in [-0.1, -0.05) is 42.4 Å². The van der Waals surface area contributed by atoms with E-state index in [2.05, 4.69) is 19.6 Å². The highest BCUT2D eigenvalue weighted by atomic mass is 19.4. The topological polar surface area (TPSA) is 68.9 Å². The first-order valence-corrected chi connectivity index (χ1v) is 8.35. The van der Waals surface area contributed by atoms with Gasteiger partial charge in [-0.05, 0) is 18.1 Å². The van der Waals surface area contributed by atoms with Crippen molar-refractivity contribution in [2.75, 3.05) is 0 Å². The van der Waals surface area contributed by atoms with Crippen LogP contribution in [0.25, 0.3) is 22.5 Å². The Hall–Kier alpha value is -3.03. The summed E-state index contributed by atoms with van der Waals surface area (Å²) >= 11 is 0. The summed E-state index contributed by atoms with van der Waals surface area (Å²) in [7, 11) is 0. The van der Waals surface area contributed by atoms with Crippen LogP contribution in [0.1, 0.15) is 31.4 Å². The Labute approximate surface area is 153 Å². The number of aromatic nitrogens is 3. The molecule has 2 heterocycles. The van der Waals surface area contributed by atoms with Gasteiger partial charge < -0.3 is 4.52 Å². The number of benzene rings is 1. The molecule has 0 fully saturated rings. The van der Waals surface area contributed by atoms with Crippen LogP contribution in [0.3, 0.4) is 0 Å². The van der Waals surface area contributed by atoms with Crippen molar-refractivity contribution in [1.29, 1.82) is 0 Å². The molecule has 27 heavy (non-hydrogen) atoms. The Bertz CT molecular complexity index is 917. The van der Waals surface area contributed by atoms with E-state index in [0.717, 1.165) is 17.5 Å². The molecule has 2 aromatic heterocycles. The van der Waals surface area contributed by atoms with E-state index in [1.807, 2.05) is 13.0 Å². The van der Waals surface area contributed by atoms with E-state index in [1.54, 1.807) is 36.5 Å². The maximum absolute atomic E-state index is 12.5. The number of hydrogen-bond acceptors (Lipinski definition) is 5. The summed E-state index contributed by atoms with van der Waals surface area (Å²) in [6.07, 6.45) is -1.34. The second-order valence-corrected chi connectivity index (χ2v) is 6.00. The number of carbonyl (C=O) groups excluding carboxylic acids is 1. The molecule has 8 heteroatoms. The van der Waals surface area contributed by atoms with E-state index >= 15 is 0 Å². The average Bonchev–Trinajstić information content (AvgIpc) is 3.13. The van der Waals surface area contributed by atoms with Gasteiger partial charge in [-0.2, -0.15) is 18.2 Å². The highest BCUT2D eigenvalue weighted by Gasteiger charge is 2.38. The number of Topliss-reactive ketones (excluding diaryl/α,β-unsaturated/α-hetero) is 1. The van der Waals surface area contributed by atoms with E-state index in [4.69, 9.17) is 0 Å². The van der Waals surface area contributed by atoms with Crippen LogP contribution in [-0.2, 0) is 17.4 Å². The normalized spacial score (nSPS) is 11.6. The van der Waals surface area contributed by atoms with Crippen LogP contribution in [0, 0.1) is 0 Å². The molecule has 3 rings (SSSR count). The molecule has 0 aliphatic carbocycles. The number of nitrogens with zero attached hydrogens (tertiary/aromatic N) is 3. The largest absolute Gasteiger partial charge is 0.471 e. The van der Waals surface area contributed by atoms with Crippen LogP contribution >= 0.6 is 0 Å². The third-order valence-electron chi connectivity index (χ3n) is 3.88. The monoisotopic (exact) mass is 375 g/mol. The first kappa shape index (κ1) is 18.8. The lowest BCUT2D eigenvalue weighted by atomic mass is 10.0. The minimum atomic E-state index is -4.67. The molecule has 140 valence electrons. The Balaban J connectivity index is 1.73. The molecule has 0 N–H and O–H groups in total. The van der Waals surface area contributed by atoms with Crippen molar-refractivity contribution in [1.82, 2.24) is 15.1 Å². The molecule has 0 saturated carbocycles. The lowest BCUT2D eigenvalue weighted by Crippen LogP contribution is -2.04. The van der Waals surface area contributed by atoms with Crippen molar-refractivity contribution < 1.29 is 22.5 Å². The van der Waals surface area contributed by atoms with Gasteiger partial charge in [-0.25, -0.2) is 0 Å². The molecule has 0 atom stereocenters. The molecule has 0 bridgehead atoms. The van der Waals surface area contributed by atoms with E-state index in [0.29, 0.717) is 24.1 Å².